The molecule has 3 aromatic rings. The Kier molecular flexibility index (Phi) is 9.73. The number of ether oxygens (including phenoxy) is 1. The largest absolute Gasteiger partial charge is 0.444 e. The molecule has 1 saturated carbocycles. The second-order valence-electron chi connectivity index (χ2n) is 11.0. The van der Waals surface area contributed by atoms with Crippen LogP contribution >= 0.6 is 11.3 Å². The lowest BCUT2D eigenvalue weighted by Gasteiger charge is -2.22. The molecule has 4 rings (SSSR count). The normalized spacial score (nSPS) is 15.3. The highest BCUT2D eigenvalue weighted by molar-refractivity contribution is 7.89. The molecule has 0 radical (unpaired) electrons. The van der Waals surface area contributed by atoms with Gasteiger partial charge in [0.1, 0.15) is 5.60 Å². The zero-order valence-electron chi connectivity index (χ0n) is 23.7. The molecule has 0 spiro atoms. The zero-order chi connectivity index (χ0) is 29.9. The lowest BCUT2D eigenvalue weighted by Crippen LogP contribution is -2.40. The second kappa shape index (κ2) is 12.3. The molecule has 0 aliphatic heterocycles. The fraction of sp³-hybridized carbons (Fsp3) is 0.600. The zero-order valence-corrected chi connectivity index (χ0v) is 25.3. The molecule has 1 aliphatic carbocycles. The van der Waals surface area contributed by atoms with Crippen LogP contribution in [0, 0.1) is 0 Å². The summed E-state index contributed by atoms with van der Waals surface area (Å²) in [6.07, 6.45) is 0.825. The van der Waals surface area contributed by atoms with E-state index in [1.165, 1.54) is 29.4 Å². The minimum atomic E-state index is -3.91. The number of aromatic nitrogens is 4. The number of amides is 1. The van der Waals surface area contributed by atoms with Crippen LogP contribution in [0.25, 0.3) is 16.0 Å². The van der Waals surface area contributed by atoms with Crippen LogP contribution in [0.2, 0.25) is 0 Å². The lowest BCUT2D eigenvalue weighted by atomic mass is 10.2. The predicted octanol–water partition coefficient (Wildman–Crippen LogP) is 5.63. The van der Waals surface area contributed by atoms with E-state index in [0.29, 0.717) is 27.9 Å². The molecule has 0 saturated heterocycles. The summed E-state index contributed by atoms with van der Waals surface area (Å²) in [5, 5.41) is 17.6. The highest BCUT2D eigenvalue weighted by atomic mass is 32.2. The molecular formula is C25H39F2N7O4S2. The summed E-state index contributed by atoms with van der Waals surface area (Å²) in [5.74, 6) is 0. The number of halogens is 2. The van der Waals surface area contributed by atoms with Crippen LogP contribution < -0.4 is 15.4 Å². The Morgan fingerprint density at radius 1 is 1.25 bits per heavy atom. The number of anilines is 1. The highest BCUT2D eigenvalue weighted by Crippen LogP contribution is 2.37. The molecule has 0 unspecified atom stereocenters. The maximum atomic E-state index is 13.2. The van der Waals surface area contributed by atoms with E-state index in [4.69, 9.17) is 4.74 Å². The summed E-state index contributed by atoms with van der Waals surface area (Å²) in [4.78, 5) is 12.1. The summed E-state index contributed by atoms with van der Waals surface area (Å²) in [5.41, 5.74) is -0.378. The number of alkyl halides is 2. The van der Waals surface area contributed by atoms with E-state index in [1.807, 2.05) is 6.92 Å². The molecule has 2 heterocycles. The Morgan fingerprint density at radius 3 is 2.45 bits per heavy atom. The van der Waals surface area contributed by atoms with Crippen molar-refractivity contribution in [2.75, 3.05) is 11.9 Å². The summed E-state index contributed by atoms with van der Waals surface area (Å²) in [6, 6.07) is 2.53. The molecule has 15 heteroatoms. The number of fused-ring (bicyclic) bond motifs is 1. The Labute approximate surface area is 238 Å². The third-order valence-corrected chi connectivity index (χ3v) is 8.04. The Morgan fingerprint density at radius 2 is 1.90 bits per heavy atom. The molecule has 40 heavy (non-hydrogen) atoms. The van der Waals surface area contributed by atoms with Gasteiger partial charge in [-0.3, -0.25) is 0 Å². The molecule has 1 amide bonds. The molecule has 1 fully saturated rings. The van der Waals surface area contributed by atoms with Gasteiger partial charge >= 0.3 is 6.09 Å². The molecule has 224 valence electrons. The first-order valence-electron chi connectivity index (χ1n) is 13.0. The van der Waals surface area contributed by atoms with Crippen molar-refractivity contribution in [2.24, 2.45) is 0 Å². The van der Waals surface area contributed by atoms with Gasteiger partial charge in [-0.15, -0.1) is 10.2 Å². The average molecular weight is 604 g/mol. The number of benzene rings is 1. The van der Waals surface area contributed by atoms with Crippen molar-refractivity contribution in [3.63, 3.8) is 0 Å². The first kappa shape index (κ1) is 31.6. The first-order chi connectivity index (χ1) is 18.6. The van der Waals surface area contributed by atoms with Crippen molar-refractivity contribution in [1.82, 2.24) is 30.0 Å². The first-order valence-corrected chi connectivity index (χ1v) is 15.3. The van der Waals surface area contributed by atoms with E-state index < -0.39 is 38.7 Å². The summed E-state index contributed by atoms with van der Waals surface area (Å²) < 4.78 is 61.8. The molecule has 1 aromatic carbocycles. The van der Waals surface area contributed by atoms with Gasteiger partial charge < -0.3 is 15.4 Å². The average Bonchev–Trinajstić information content (AvgIpc) is 3.21. The molecule has 1 atom stereocenters. The number of sulfonamides is 1. The number of alkyl carbamates (subject to hydrolysis) is 1. The number of carbonyl (C=O) groups is 1. The molecule has 2 aromatic heterocycles. The number of hydrogen-bond donors (Lipinski definition) is 3. The molecule has 11 nitrogen and oxygen atoms in total. The third kappa shape index (κ3) is 8.30. The van der Waals surface area contributed by atoms with E-state index in [9.17, 15) is 22.0 Å². The van der Waals surface area contributed by atoms with Gasteiger partial charge in [0.05, 0.1) is 16.6 Å². The van der Waals surface area contributed by atoms with Crippen LogP contribution in [0.3, 0.4) is 0 Å². The minimum absolute atomic E-state index is 0. The van der Waals surface area contributed by atoms with Crippen LogP contribution in [-0.4, -0.2) is 58.2 Å². The Bertz CT molecular complexity index is 1440. The maximum absolute atomic E-state index is 13.2. The minimum Gasteiger partial charge on any atom is -0.444 e. The second-order valence-corrected chi connectivity index (χ2v) is 13.7. The number of nitrogens with one attached hydrogen (secondary N) is 3. The SMILES string of the molecule is CCC.C[C@@H](CNc1cc(S(=O)(=O)NC2(C)CC2)cc2c1cnn2-c1nnc(C(F)F)s1)NC(=O)OC(C)(C)C.[HH]. The van der Waals surface area contributed by atoms with Crippen molar-refractivity contribution in [1.29, 1.82) is 0 Å². The van der Waals surface area contributed by atoms with Crippen molar-refractivity contribution in [3.8, 4) is 5.13 Å². The van der Waals surface area contributed by atoms with Gasteiger partial charge in [-0.1, -0.05) is 31.6 Å². The topological polar surface area (TPSA) is 140 Å². The summed E-state index contributed by atoms with van der Waals surface area (Å²) in [7, 11) is -3.91. The highest BCUT2D eigenvalue weighted by Gasteiger charge is 2.41. The summed E-state index contributed by atoms with van der Waals surface area (Å²) >= 11 is 0.664. The van der Waals surface area contributed by atoms with Gasteiger partial charge in [-0.25, -0.2) is 31.4 Å². The van der Waals surface area contributed by atoms with E-state index in [0.717, 1.165) is 12.8 Å². The molecular weight excluding hydrogens is 564 g/mol. The third-order valence-electron chi connectivity index (χ3n) is 5.51. The van der Waals surface area contributed by atoms with Crippen LogP contribution in [0.1, 0.15) is 80.6 Å². The number of carbonyl (C=O) groups excluding carboxylic acids is 1. The predicted molar refractivity (Wildman–Crippen MR) is 153 cm³/mol. The van der Waals surface area contributed by atoms with Crippen LogP contribution in [0.5, 0.6) is 0 Å². The van der Waals surface area contributed by atoms with Crippen LogP contribution in [0.4, 0.5) is 19.3 Å². The Balaban J connectivity index is 0.00000141. The Hall–Kier alpha value is -2.91. The van der Waals surface area contributed by atoms with Crippen LogP contribution in [-0.2, 0) is 14.8 Å². The van der Waals surface area contributed by atoms with E-state index in [2.05, 4.69) is 44.5 Å². The van der Waals surface area contributed by atoms with Crippen molar-refractivity contribution in [2.45, 2.75) is 96.2 Å². The van der Waals surface area contributed by atoms with Gasteiger partial charge in [0.15, 0.2) is 5.01 Å². The number of nitrogens with zero attached hydrogens (tertiary/aromatic N) is 4. The molecule has 3 N–H and O–H groups in total. The van der Waals surface area contributed by atoms with Gasteiger partial charge in [0, 0.05) is 30.6 Å². The van der Waals surface area contributed by atoms with Crippen molar-refractivity contribution < 1.29 is 28.2 Å². The molecule has 0 bridgehead atoms. The fourth-order valence-corrected chi connectivity index (χ4v) is 5.63. The van der Waals surface area contributed by atoms with Gasteiger partial charge in [-0.05, 0) is 59.6 Å². The summed E-state index contributed by atoms with van der Waals surface area (Å²) in [6.45, 7) is 13.4. The van der Waals surface area contributed by atoms with E-state index >= 15 is 0 Å². The monoisotopic (exact) mass is 603 g/mol. The quantitative estimate of drug-likeness (QED) is 0.286. The van der Waals surface area contributed by atoms with Gasteiger partial charge in [-0.2, -0.15) is 5.10 Å². The standard InChI is InChI=1S/C22H29F2N7O4S2.C3H8.H2/c1-12(27-20(32)35-21(2,3)4)10-25-15-8-13(37(33,34)30-22(5)6-7-22)9-16-14(15)11-26-31(16)19-29-28-18(36-19)17(23)24;1-3-2;/h8-9,11-12,17,25,30H,6-7,10H2,1-5H3,(H,27,32);3H2,1-2H3;1H/t12-;;/m0../s1. The van der Waals surface area contributed by atoms with Crippen molar-refractivity contribution in [3.05, 3.63) is 23.3 Å². The van der Waals surface area contributed by atoms with Crippen molar-refractivity contribution >= 4 is 44.0 Å². The smallest absolute Gasteiger partial charge is 0.407 e. The van der Waals surface area contributed by atoms with Gasteiger partial charge in [0.2, 0.25) is 15.2 Å². The van der Waals surface area contributed by atoms with Crippen LogP contribution in [0.15, 0.2) is 23.2 Å². The van der Waals surface area contributed by atoms with E-state index in [-0.39, 0.29) is 24.0 Å². The van der Waals surface area contributed by atoms with Gasteiger partial charge in [0.25, 0.3) is 6.43 Å². The molecule has 1 aliphatic rings. The number of rotatable bonds is 9. The number of hydrogen-bond acceptors (Lipinski definition) is 9. The van der Waals surface area contributed by atoms with E-state index in [1.54, 1.807) is 27.7 Å². The fourth-order valence-electron chi connectivity index (χ4n) is 3.45. The lowest BCUT2D eigenvalue weighted by molar-refractivity contribution is 0.0511. The maximum Gasteiger partial charge on any atom is 0.407 e.